The summed E-state index contributed by atoms with van der Waals surface area (Å²) < 4.78 is 14.8. The molecule has 0 saturated carbocycles. The molecule has 3 heterocycles. The average Bonchev–Trinajstić information content (AvgIpc) is 2.91. The standard InChI is InChI=1S/C19H23FN4O3/c1-10-7-23(8-11(2)21-10)13-5-12-9-24(19(27)17(12)14(20)6-13)15-3-4-16(25)22-18(15)26/h5-6,10-11,15,21H,3-4,7-9H2,1-2H3,(H,22,25,26). The Hall–Kier alpha value is -2.48. The molecule has 2 N–H and O–H groups in total. The number of hydrogen-bond acceptors (Lipinski definition) is 5. The number of carbonyl (C=O) groups excluding carboxylic acids is 3. The van der Waals surface area contributed by atoms with E-state index in [1.165, 1.54) is 11.0 Å². The van der Waals surface area contributed by atoms with Crippen molar-refractivity contribution in [3.05, 3.63) is 29.1 Å². The SMILES string of the molecule is CC1CN(c2cc(F)c3c(c2)CN(C2CCC(=O)NC2=O)C3=O)CC(C)N1. The van der Waals surface area contributed by atoms with E-state index in [0.29, 0.717) is 5.56 Å². The van der Waals surface area contributed by atoms with E-state index < -0.39 is 23.7 Å². The maximum atomic E-state index is 14.8. The Morgan fingerprint density at radius 1 is 1.11 bits per heavy atom. The first-order valence-corrected chi connectivity index (χ1v) is 9.31. The fourth-order valence-corrected chi connectivity index (χ4v) is 4.36. The van der Waals surface area contributed by atoms with E-state index in [1.54, 1.807) is 0 Å². The number of anilines is 1. The Kier molecular flexibility index (Phi) is 4.38. The van der Waals surface area contributed by atoms with Gasteiger partial charge < -0.3 is 15.1 Å². The van der Waals surface area contributed by atoms with Crippen LogP contribution in [0.15, 0.2) is 12.1 Å². The van der Waals surface area contributed by atoms with E-state index in [4.69, 9.17) is 0 Å². The zero-order chi connectivity index (χ0) is 19.3. The number of nitrogens with zero attached hydrogens (tertiary/aromatic N) is 2. The van der Waals surface area contributed by atoms with Gasteiger partial charge in [0.15, 0.2) is 0 Å². The first-order valence-electron chi connectivity index (χ1n) is 9.31. The molecule has 0 aliphatic carbocycles. The van der Waals surface area contributed by atoms with Crippen molar-refractivity contribution in [1.82, 2.24) is 15.5 Å². The zero-order valence-corrected chi connectivity index (χ0v) is 15.4. The van der Waals surface area contributed by atoms with Gasteiger partial charge in [0.05, 0.1) is 5.56 Å². The summed E-state index contributed by atoms with van der Waals surface area (Å²) in [7, 11) is 0. The van der Waals surface area contributed by atoms with Crippen molar-refractivity contribution < 1.29 is 18.8 Å². The van der Waals surface area contributed by atoms with Crippen LogP contribution in [0.25, 0.3) is 0 Å². The number of piperidine rings is 1. The van der Waals surface area contributed by atoms with Crippen LogP contribution in [0.2, 0.25) is 0 Å². The number of hydrogen-bond donors (Lipinski definition) is 2. The lowest BCUT2D eigenvalue weighted by atomic mass is 10.0. The Balaban J connectivity index is 1.61. The van der Waals surface area contributed by atoms with Gasteiger partial charge in [0.2, 0.25) is 11.8 Å². The van der Waals surface area contributed by atoms with E-state index in [1.807, 2.05) is 6.07 Å². The normalized spacial score (nSPS) is 28.4. The van der Waals surface area contributed by atoms with Crippen LogP contribution in [-0.2, 0) is 16.1 Å². The molecule has 144 valence electrons. The molecule has 3 atom stereocenters. The summed E-state index contributed by atoms with van der Waals surface area (Å²) in [6, 6.07) is 3.10. The molecule has 0 aromatic heterocycles. The van der Waals surface area contributed by atoms with Gasteiger partial charge in [0.25, 0.3) is 5.91 Å². The number of amides is 3. The largest absolute Gasteiger partial charge is 0.368 e. The predicted octanol–water partition coefficient (Wildman–Crippen LogP) is 0.773. The number of nitrogens with one attached hydrogen (secondary N) is 2. The van der Waals surface area contributed by atoms with Crippen LogP contribution in [0.1, 0.15) is 42.6 Å². The van der Waals surface area contributed by atoms with Crippen LogP contribution in [0, 0.1) is 5.82 Å². The highest BCUT2D eigenvalue weighted by Crippen LogP contribution is 2.33. The maximum absolute atomic E-state index is 14.8. The van der Waals surface area contributed by atoms with Crippen LogP contribution in [0.4, 0.5) is 10.1 Å². The molecule has 8 heteroatoms. The summed E-state index contributed by atoms with van der Waals surface area (Å²) >= 11 is 0. The van der Waals surface area contributed by atoms with Crippen LogP contribution >= 0.6 is 0 Å². The molecule has 3 aliphatic heterocycles. The van der Waals surface area contributed by atoms with E-state index in [-0.39, 0.29) is 42.9 Å². The number of carbonyl (C=O) groups is 3. The minimum atomic E-state index is -0.732. The van der Waals surface area contributed by atoms with E-state index in [0.717, 1.165) is 18.8 Å². The molecule has 27 heavy (non-hydrogen) atoms. The van der Waals surface area contributed by atoms with Gasteiger partial charge in [-0.15, -0.1) is 0 Å². The second kappa shape index (κ2) is 6.60. The molecular formula is C19H23FN4O3. The van der Waals surface area contributed by atoms with Gasteiger partial charge in [-0.05, 0) is 38.0 Å². The summed E-state index contributed by atoms with van der Waals surface area (Å²) in [5, 5.41) is 5.70. The summed E-state index contributed by atoms with van der Waals surface area (Å²) in [5.74, 6) is -1.86. The molecule has 0 bridgehead atoms. The second-order valence-corrected chi connectivity index (χ2v) is 7.74. The van der Waals surface area contributed by atoms with Crippen LogP contribution in [0.3, 0.4) is 0 Å². The van der Waals surface area contributed by atoms with Crippen molar-refractivity contribution in [2.45, 2.75) is 51.4 Å². The van der Waals surface area contributed by atoms with Crippen molar-refractivity contribution in [1.29, 1.82) is 0 Å². The topological polar surface area (TPSA) is 81.8 Å². The summed E-state index contributed by atoms with van der Waals surface area (Å²) in [4.78, 5) is 39.7. The first-order chi connectivity index (χ1) is 12.8. The number of imide groups is 1. The zero-order valence-electron chi connectivity index (χ0n) is 15.4. The number of rotatable bonds is 2. The average molecular weight is 374 g/mol. The first kappa shape index (κ1) is 17.9. The number of halogens is 1. The van der Waals surface area contributed by atoms with Gasteiger partial charge in [-0.3, -0.25) is 19.7 Å². The van der Waals surface area contributed by atoms with Crippen molar-refractivity contribution in [3.63, 3.8) is 0 Å². The molecular weight excluding hydrogens is 351 g/mol. The highest BCUT2D eigenvalue weighted by atomic mass is 19.1. The lowest BCUT2D eigenvalue weighted by Gasteiger charge is -2.37. The second-order valence-electron chi connectivity index (χ2n) is 7.74. The molecule has 3 aliphatic rings. The van der Waals surface area contributed by atoms with Crippen molar-refractivity contribution in [2.24, 2.45) is 0 Å². The van der Waals surface area contributed by atoms with Crippen molar-refractivity contribution in [3.8, 4) is 0 Å². The molecule has 2 saturated heterocycles. The molecule has 1 aromatic carbocycles. The Morgan fingerprint density at radius 2 is 1.81 bits per heavy atom. The van der Waals surface area contributed by atoms with E-state index >= 15 is 0 Å². The van der Waals surface area contributed by atoms with Gasteiger partial charge in [-0.25, -0.2) is 4.39 Å². The van der Waals surface area contributed by atoms with Gasteiger partial charge in [0.1, 0.15) is 11.9 Å². The third-order valence-corrected chi connectivity index (χ3v) is 5.48. The fourth-order valence-electron chi connectivity index (χ4n) is 4.36. The fraction of sp³-hybridized carbons (Fsp3) is 0.526. The highest BCUT2D eigenvalue weighted by Gasteiger charge is 2.41. The van der Waals surface area contributed by atoms with Crippen LogP contribution in [-0.4, -0.2) is 53.8 Å². The van der Waals surface area contributed by atoms with Gasteiger partial charge in [0, 0.05) is 43.8 Å². The minimum Gasteiger partial charge on any atom is -0.368 e. The van der Waals surface area contributed by atoms with Crippen molar-refractivity contribution in [2.75, 3.05) is 18.0 Å². The number of benzene rings is 1. The Labute approximate surface area is 156 Å². The van der Waals surface area contributed by atoms with Crippen molar-refractivity contribution >= 4 is 23.4 Å². The number of fused-ring (bicyclic) bond motifs is 1. The Morgan fingerprint density at radius 3 is 2.48 bits per heavy atom. The quantitative estimate of drug-likeness (QED) is 0.748. The van der Waals surface area contributed by atoms with Gasteiger partial charge in [-0.2, -0.15) is 0 Å². The monoisotopic (exact) mass is 374 g/mol. The van der Waals surface area contributed by atoms with Gasteiger partial charge >= 0.3 is 0 Å². The molecule has 3 unspecified atom stereocenters. The third kappa shape index (κ3) is 3.18. The molecule has 3 amide bonds. The lowest BCUT2D eigenvalue weighted by molar-refractivity contribution is -0.136. The predicted molar refractivity (Wildman–Crippen MR) is 96.7 cm³/mol. The Bertz CT molecular complexity index is 817. The summed E-state index contributed by atoms with van der Waals surface area (Å²) in [6.45, 7) is 5.87. The van der Waals surface area contributed by atoms with E-state index in [2.05, 4.69) is 29.4 Å². The molecule has 2 fully saturated rings. The van der Waals surface area contributed by atoms with E-state index in [9.17, 15) is 18.8 Å². The molecule has 7 nitrogen and oxygen atoms in total. The minimum absolute atomic E-state index is 0.0414. The molecule has 4 rings (SSSR count). The molecule has 1 aromatic rings. The number of piperazine rings is 1. The van der Waals surface area contributed by atoms with Gasteiger partial charge in [-0.1, -0.05) is 0 Å². The maximum Gasteiger partial charge on any atom is 0.258 e. The van der Waals surface area contributed by atoms with Crippen LogP contribution in [0.5, 0.6) is 0 Å². The smallest absolute Gasteiger partial charge is 0.258 e. The highest BCUT2D eigenvalue weighted by molar-refractivity contribution is 6.05. The summed E-state index contributed by atoms with van der Waals surface area (Å²) in [5.41, 5.74) is 1.39. The lowest BCUT2D eigenvalue weighted by Crippen LogP contribution is -2.54. The van der Waals surface area contributed by atoms with Crippen LogP contribution < -0.4 is 15.5 Å². The third-order valence-electron chi connectivity index (χ3n) is 5.48. The molecule has 0 radical (unpaired) electrons. The molecule has 0 spiro atoms. The summed E-state index contributed by atoms with van der Waals surface area (Å²) in [6.07, 6.45) is 0.451.